The molecule has 7 nitrogen and oxygen atoms in total. The van der Waals surface area contributed by atoms with E-state index in [1.54, 1.807) is 6.07 Å². The predicted octanol–water partition coefficient (Wildman–Crippen LogP) is 5.03. The van der Waals surface area contributed by atoms with E-state index in [9.17, 15) is 19.7 Å². The van der Waals surface area contributed by atoms with Crippen LogP contribution < -0.4 is 10.2 Å². The van der Waals surface area contributed by atoms with Crippen LogP contribution in [0.15, 0.2) is 35.9 Å². The molecule has 1 aromatic heterocycles. The van der Waals surface area contributed by atoms with Crippen molar-refractivity contribution in [3.05, 3.63) is 58.9 Å². The molecule has 1 aliphatic rings. The van der Waals surface area contributed by atoms with Gasteiger partial charge in [0, 0.05) is 24.4 Å². The summed E-state index contributed by atoms with van der Waals surface area (Å²) in [7, 11) is 4.16. The van der Waals surface area contributed by atoms with E-state index < -0.39 is 11.7 Å². The van der Waals surface area contributed by atoms with Gasteiger partial charge >= 0.3 is 0 Å². The first-order valence-electron chi connectivity index (χ1n) is 11.9. The van der Waals surface area contributed by atoms with E-state index in [2.05, 4.69) is 47.9 Å². The molecule has 0 radical (unpaired) electrons. The molecule has 0 saturated carbocycles. The second kappa shape index (κ2) is 12.0. The number of aromatic nitrogens is 1. The van der Waals surface area contributed by atoms with Crippen molar-refractivity contribution >= 4 is 29.2 Å². The van der Waals surface area contributed by atoms with Crippen LogP contribution in [0, 0.1) is 28.5 Å². The maximum Gasteiger partial charge on any atom is 0.247 e. The standard InChI is InChI=1S/C27H31FN6OS/c1-6-20-21(15-29)26(34-12-10-19(11-13-34)33(4)5)32-27(22(20)16-30)36-17(3)18-8-9-24(23(28)14-18)31-25(35)7-2/h7-9,14,17,19H,2,6,10-13H2,1,3-5H3,(H,31,35). The van der Waals surface area contributed by atoms with Gasteiger partial charge in [-0.2, -0.15) is 10.5 Å². The number of nitrogens with one attached hydrogen (secondary N) is 1. The van der Waals surface area contributed by atoms with Crippen molar-refractivity contribution in [1.29, 1.82) is 10.5 Å². The molecular weight excluding hydrogens is 475 g/mol. The number of anilines is 2. The number of carbonyl (C=O) groups is 1. The van der Waals surface area contributed by atoms with Gasteiger partial charge in [-0.25, -0.2) is 9.37 Å². The molecule has 1 aliphatic heterocycles. The van der Waals surface area contributed by atoms with Gasteiger partial charge in [0.05, 0.1) is 16.8 Å². The van der Waals surface area contributed by atoms with Gasteiger partial charge in [0.15, 0.2) is 0 Å². The number of nitrogens with zero attached hydrogens (tertiary/aromatic N) is 5. The summed E-state index contributed by atoms with van der Waals surface area (Å²) in [4.78, 5) is 20.7. The lowest BCUT2D eigenvalue weighted by Crippen LogP contribution is -2.42. The monoisotopic (exact) mass is 506 g/mol. The second-order valence-corrected chi connectivity index (χ2v) is 10.3. The number of hydrogen-bond acceptors (Lipinski definition) is 7. The minimum atomic E-state index is -0.554. The summed E-state index contributed by atoms with van der Waals surface area (Å²) >= 11 is 1.37. The number of piperidine rings is 1. The molecule has 36 heavy (non-hydrogen) atoms. The van der Waals surface area contributed by atoms with Crippen LogP contribution in [0.4, 0.5) is 15.9 Å². The van der Waals surface area contributed by atoms with E-state index in [1.807, 2.05) is 13.8 Å². The first-order chi connectivity index (χ1) is 17.2. The lowest BCUT2D eigenvalue weighted by molar-refractivity contribution is -0.111. The van der Waals surface area contributed by atoms with Crippen LogP contribution in [0.25, 0.3) is 0 Å². The molecule has 1 fully saturated rings. The first-order valence-corrected chi connectivity index (χ1v) is 12.8. The van der Waals surface area contributed by atoms with E-state index >= 15 is 0 Å². The van der Waals surface area contributed by atoms with Crippen molar-refractivity contribution in [3.63, 3.8) is 0 Å². The Bertz CT molecular complexity index is 1220. The number of carbonyl (C=O) groups excluding carboxylic acids is 1. The van der Waals surface area contributed by atoms with Crippen molar-refractivity contribution in [2.45, 2.75) is 49.4 Å². The van der Waals surface area contributed by atoms with Crippen molar-refractivity contribution in [2.24, 2.45) is 0 Å². The van der Waals surface area contributed by atoms with Gasteiger partial charge in [-0.15, -0.1) is 0 Å². The average molecular weight is 507 g/mol. The molecular formula is C27H31FN6OS. The topological polar surface area (TPSA) is 96.1 Å². The fraction of sp³-hybridized carbons (Fsp3) is 0.407. The predicted molar refractivity (Wildman–Crippen MR) is 141 cm³/mol. The number of rotatable bonds is 8. The minimum Gasteiger partial charge on any atom is -0.355 e. The maximum absolute atomic E-state index is 14.6. The summed E-state index contributed by atoms with van der Waals surface area (Å²) in [5, 5.41) is 22.7. The maximum atomic E-state index is 14.6. The number of benzene rings is 1. The zero-order chi connectivity index (χ0) is 26.4. The van der Waals surface area contributed by atoms with Crippen LogP contribution in [0.2, 0.25) is 0 Å². The summed E-state index contributed by atoms with van der Waals surface area (Å²) < 4.78 is 14.6. The van der Waals surface area contributed by atoms with Crippen molar-refractivity contribution in [2.75, 3.05) is 37.4 Å². The van der Waals surface area contributed by atoms with Gasteiger partial charge in [0.1, 0.15) is 28.8 Å². The Morgan fingerprint density at radius 3 is 2.53 bits per heavy atom. The number of hydrogen-bond donors (Lipinski definition) is 1. The molecule has 9 heteroatoms. The Kier molecular flexibility index (Phi) is 9.08. The number of thioether (sulfide) groups is 1. The quantitative estimate of drug-likeness (QED) is 0.396. The number of halogens is 1. The molecule has 1 N–H and O–H groups in total. The van der Waals surface area contributed by atoms with Gasteiger partial charge in [-0.1, -0.05) is 31.3 Å². The molecule has 1 saturated heterocycles. The zero-order valence-corrected chi connectivity index (χ0v) is 22.0. The highest BCUT2D eigenvalue weighted by Crippen LogP contribution is 2.40. The SMILES string of the molecule is C=CC(=O)Nc1ccc(C(C)Sc2nc(N3CCC(N(C)C)CC3)c(C#N)c(CC)c2C#N)cc1F. The van der Waals surface area contributed by atoms with E-state index in [0.29, 0.717) is 45.6 Å². The Labute approximate surface area is 216 Å². The Morgan fingerprint density at radius 2 is 2.00 bits per heavy atom. The number of pyridine rings is 1. The highest BCUT2D eigenvalue weighted by Gasteiger charge is 2.27. The Morgan fingerprint density at radius 1 is 1.33 bits per heavy atom. The van der Waals surface area contributed by atoms with E-state index in [0.717, 1.165) is 32.0 Å². The van der Waals surface area contributed by atoms with Crippen molar-refractivity contribution < 1.29 is 9.18 Å². The summed E-state index contributed by atoms with van der Waals surface area (Å²) in [6.07, 6.45) is 3.54. The largest absolute Gasteiger partial charge is 0.355 e. The van der Waals surface area contributed by atoms with Gasteiger partial charge in [0.2, 0.25) is 5.91 Å². The third kappa shape index (κ3) is 5.87. The molecule has 0 bridgehead atoms. The number of amides is 1. The summed E-state index contributed by atoms with van der Waals surface area (Å²) in [6, 6.07) is 9.67. The fourth-order valence-electron chi connectivity index (χ4n) is 4.40. The fourth-order valence-corrected chi connectivity index (χ4v) is 5.44. The molecule has 0 spiro atoms. The van der Waals surface area contributed by atoms with Crippen LogP contribution in [0.3, 0.4) is 0 Å². The van der Waals surface area contributed by atoms with E-state index in [1.165, 1.54) is 23.9 Å². The number of nitriles is 2. The Hall–Kier alpha value is -3.40. The lowest BCUT2D eigenvalue weighted by atomic mass is 9.99. The third-order valence-electron chi connectivity index (χ3n) is 6.51. The smallest absolute Gasteiger partial charge is 0.247 e. The van der Waals surface area contributed by atoms with Gasteiger partial charge in [-0.05, 0) is 69.6 Å². The molecule has 0 aliphatic carbocycles. The molecule has 1 unspecified atom stereocenters. The average Bonchev–Trinajstić information content (AvgIpc) is 2.88. The van der Waals surface area contributed by atoms with E-state index in [4.69, 9.17) is 4.98 Å². The summed E-state index contributed by atoms with van der Waals surface area (Å²) in [5.41, 5.74) is 2.32. The van der Waals surface area contributed by atoms with Gasteiger partial charge in [-0.3, -0.25) is 4.79 Å². The molecule has 1 aromatic carbocycles. The first kappa shape index (κ1) is 27.2. The molecule has 1 amide bonds. The normalized spacial score (nSPS) is 14.7. The zero-order valence-electron chi connectivity index (χ0n) is 21.1. The van der Waals surface area contributed by atoms with Crippen LogP contribution in [0.5, 0.6) is 0 Å². The highest BCUT2D eigenvalue weighted by molar-refractivity contribution is 7.99. The van der Waals surface area contributed by atoms with Crippen LogP contribution in [-0.4, -0.2) is 49.0 Å². The minimum absolute atomic E-state index is 0.0757. The van der Waals surface area contributed by atoms with Gasteiger partial charge in [0.25, 0.3) is 0 Å². The van der Waals surface area contributed by atoms with Gasteiger partial charge < -0.3 is 15.1 Å². The van der Waals surface area contributed by atoms with Crippen molar-refractivity contribution in [1.82, 2.24) is 9.88 Å². The highest BCUT2D eigenvalue weighted by atomic mass is 32.2. The molecule has 2 heterocycles. The lowest BCUT2D eigenvalue weighted by Gasteiger charge is -2.36. The molecule has 2 aromatic rings. The van der Waals surface area contributed by atoms with E-state index in [-0.39, 0.29) is 10.9 Å². The van der Waals surface area contributed by atoms with Crippen LogP contribution >= 0.6 is 11.8 Å². The van der Waals surface area contributed by atoms with Crippen LogP contribution in [-0.2, 0) is 11.2 Å². The molecule has 3 rings (SSSR count). The summed E-state index contributed by atoms with van der Waals surface area (Å²) in [6.45, 7) is 8.78. The second-order valence-electron chi connectivity index (χ2n) is 8.92. The Balaban J connectivity index is 1.95. The molecule has 1 atom stereocenters. The van der Waals surface area contributed by atoms with Crippen molar-refractivity contribution in [3.8, 4) is 12.1 Å². The molecule has 188 valence electrons. The van der Waals surface area contributed by atoms with Crippen LogP contribution in [0.1, 0.15) is 54.2 Å². The third-order valence-corrected chi connectivity index (χ3v) is 7.66. The summed E-state index contributed by atoms with van der Waals surface area (Å²) in [5.74, 6) is -0.421.